The monoisotopic (exact) mass is 463 g/mol. The maximum atomic E-state index is 13.0. The number of nitrogens with zero attached hydrogens (tertiary/aromatic N) is 5. The third-order valence-electron chi connectivity index (χ3n) is 6.00. The fourth-order valence-corrected chi connectivity index (χ4v) is 3.91. The number of carbonyl (C=O) groups excluding carboxylic acids is 1. The number of nitrogens with one attached hydrogen (secondary N) is 2. The lowest BCUT2D eigenvalue weighted by Gasteiger charge is -2.26. The topological polar surface area (TPSA) is 117 Å². The van der Waals surface area contributed by atoms with Gasteiger partial charge in [-0.25, -0.2) is 9.97 Å². The Hall–Kier alpha value is -3.50. The summed E-state index contributed by atoms with van der Waals surface area (Å²) in [5.41, 5.74) is 2.79. The summed E-state index contributed by atoms with van der Waals surface area (Å²) in [6.45, 7) is 2.99. The van der Waals surface area contributed by atoms with Crippen molar-refractivity contribution >= 4 is 17.4 Å². The van der Waals surface area contributed by atoms with Crippen molar-refractivity contribution in [2.24, 2.45) is 13.0 Å². The number of rotatable bonds is 8. The van der Waals surface area contributed by atoms with Gasteiger partial charge in [-0.15, -0.1) is 0 Å². The number of aliphatic hydroxyl groups is 1. The fourth-order valence-electron chi connectivity index (χ4n) is 3.91. The third kappa shape index (κ3) is 5.18. The van der Waals surface area contributed by atoms with Gasteiger partial charge >= 0.3 is 0 Å². The van der Waals surface area contributed by atoms with Gasteiger partial charge in [-0.2, -0.15) is 5.10 Å². The van der Waals surface area contributed by atoms with Crippen LogP contribution in [0.3, 0.4) is 0 Å². The number of anilines is 2. The predicted octanol–water partition coefficient (Wildman–Crippen LogP) is 2.27. The molecule has 34 heavy (non-hydrogen) atoms. The number of morpholine rings is 1. The Kier molecular flexibility index (Phi) is 6.41. The van der Waals surface area contributed by atoms with Crippen LogP contribution in [-0.4, -0.2) is 68.5 Å². The number of aromatic nitrogens is 4. The summed E-state index contributed by atoms with van der Waals surface area (Å²) >= 11 is 0. The van der Waals surface area contributed by atoms with E-state index in [1.54, 1.807) is 35.1 Å². The first-order chi connectivity index (χ1) is 16.6. The van der Waals surface area contributed by atoms with Crippen LogP contribution in [-0.2, 0) is 11.8 Å². The number of aliphatic hydroxyl groups excluding tert-OH is 1. The zero-order valence-corrected chi connectivity index (χ0v) is 19.1. The van der Waals surface area contributed by atoms with Gasteiger partial charge in [0.15, 0.2) is 11.9 Å². The number of pyridine rings is 2. The molecule has 10 nitrogen and oxygen atoms in total. The second kappa shape index (κ2) is 9.78. The van der Waals surface area contributed by atoms with Gasteiger partial charge in [0.25, 0.3) is 5.91 Å². The lowest BCUT2D eigenvalue weighted by atomic mass is 10.1. The molecule has 178 valence electrons. The molecule has 5 rings (SSSR count). The van der Waals surface area contributed by atoms with Crippen LogP contribution in [0, 0.1) is 5.92 Å². The van der Waals surface area contributed by atoms with E-state index < -0.39 is 6.23 Å². The molecule has 10 heteroatoms. The van der Waals surface area contributed by atoms with Crippen LogP contribution in [0.5, 0.6) is 0 Å². The van der Waals surface area contributed by atoms with E-state index in [9.17, 15) is 9.90 Å². The Morgan fingerprint density at radius 1 is 1.26 bits per heavy atom. The van der Waals surface area contributed by atoms with E-state index in [1.165, 1.54) is 12.8 Å². The van der Waals surface area contributed by atoms with Crippen molar-refractivity contribution in [2.45, 2.75) is 19.1 Å². The van der Waals surface area contributed by atoms with E-state index in [0.29, 0.717) is 37.7 Å². The molecule has 1 unspecified atom stereocenters. The first-order valence-corrected chi connectivity index (χ1v) is 11.6. The summed E-state index contributed by atoms with van der Waals surface area (Å²) in [5, 5.41) is 21.6. The maximum Gasteiger partial charge on any atom is 0.276 e. The smallest absolute Gasteiger partial charge is 0.276 e. The normalized spacial score (nSPS) is 16.8. The lowest BCUT2D eigenvalue weighted by molar-refractivity contribution is 0.0299. The summed E-state index contributed by atoms with van der Waals surface area (Å²) in [6.07, 6.45) is 4.87. The van der Waals surface area contributed by atoms with Crippen molar-refractivity contribution < 1.29 is 14.6 Å². The Bertz CT molecular complexity index is 1150. The molecule has 1 aliphatic heterocycles. The van der Waals surface area contributed by atoms with Crippen LogP contribution in [0.2, 0.25) is 0 Å². The van der Waals surface area contributed by atoms with Gasteiger partial charge in [0.2, 0.25) is 0 Å². The van der Waals surface area contributed by atoms with E-state index in [2.05, 4.69) is 25.7 Å². The molecular weight excluding hydrogens is 434 g/mol. The molecule has 3 aromatic rings. The average molecular weight is 464 g/mol. The summed E-state index contributed by atoms with van der Waals surface area (Å²) in [7, 11) is 1.74. The highest BCUT2D eigenvalue weighted by atomic mass is 16.5. The van der Waals surface area contributed by atoms with Gasteiger partial charge in [0.05, 0.1) is 30.3 Å². The van der Waals surface area contributed by atoms with Crippen LogP contribution in [0.4, 0.5) is 11.5 Å². The third-order valence-corrected chi connectivity index (χ3v) is 6.00. The lowest BCUT2D eigenvalue weighted by Crippen LogP contribution is -2.41. The van der Waals surface area contributed by atoms with Gasteiger partial charge in [-0.1, -0.05) is 6.07 Å². The molecule has 0 spiro atoms. The fraction of sp³-hybridized carbons (Fsp3) is 0.417. The highest BCUT2D eigenvalue weighted by molar-refractivity contribution is 5.97. The summed E-state index contributed by atoms with van der Waals surface area (Å²) in [5.74, 6) is 1.38. The molecule has 2 fully saturated rings. The van der Waals surface area contributed by atoms with Crippen molar-refractivity contribution in [3.05, 3.63) is 54.1 Å². The standard InChI is InChI=1S/C24H29N7O3/c1-30-15-20(22(29-30)24(33)31-9-11-34-12-10-31)28-23(32)19-4-2-3-18(27-19)17-7-8-25-21(13-17)26-14-16-5-6-16/h2-4,7-8,13,15-16,23,28,32H,5-6,9-12,14H2,1H3,(H,25,26). The van der Waals surface area contributed by atoms with Crippen molar-refractivity contribution in [1.29, 1.82) is 0 Å². The largest absolute Gasteiger partial charge is 0.378 e. The Morgan fingerprint density at radius 2 is 2.09 bits per heavy atom. The average Bonchev–Trinajstić information content (AvgIpc) is 3.64. The first-order valence-electron chi connectivity index (χ1n) is 11.6. The van der Waals surface area contributed by atoms with Crippen molar-refractivity contribution in [2.75, 3.05) is 43.5 Å². The van der Waals surface area contributed by atoms with E-state index in [4.69, 9.17) is 4.74 Å². The zero-order valence-electron chi connectivity index (χ0n) is 19.1. The molecule has 1 aliphatic carbocycles. The van der Waals surface area contributed by atoms with Crippen LogP contribution in [0.25, 0.3) is 11.3 Å². The predicted molar refractivity (Wildman–Crippen MR) is 127 cm³/mol. The summed E-state index contributed by atoms with van der Waals surface area (Å²) < 4.78 is 6.89. The van der Waals surface area contributed by atoms with E-state index in [-0.39, 0.29) is 11.6 Å². The molecular formula is C24H29N7O3. The van der Waals surface area contributed by atoms with Crippen LogP contribution in [0.15, 0.2) is 42.7 Å². The van der Waals surface area contributed by atoms with E-state index in [0.717, 1.165) is 29.5 Å². The minimum Gasteiger partial charge on any atom is -0.378 e. The molecule has 0 bridgehead atoms. The summed E-state index contributed by atoms with van der Waals surface area (Å²) in [4.78, 5) is 23.7. The molecule has 0 radical (unpaired) electrons. The van der Waals surface area contributed by atoms with Gasteiger partial charge in [0, 0.05) is 44.6 Å². The number of aryl methyl sites for hydroxylation is 1. The Labute approximate surface area is 198 Å². The van der Waals surface area contributed by atoms with Crippen LogP contribution < -0.4 is 10.6 Å². The Balaban J connectivity index is 1.31. The summed E-state index contributed by atoms with van der Waals surface area (Å²) in [6, 6.07) is 9.36. The molecule has 3 N–H and O–H groups in total. The number of hydrogen-bond donors (Lipinski definition) is 3. The van der Waals surface area contributed by atoms with Gasteiger partial charge in [-0.3, -0.25) is 9.48 Å². The SMILES string of the molecule is Cn1cc(NC(O)c2cccc(-c3ccnc(NCC4CC4)c3)n2)c(C(=O)N2CCOCC2)n1. The second-order valence-electron chi connectivity index (χ2n) is 8.72. The molecule has 1 saturated heterocycles. The second-order valence-corrected chi connectivity index (χ2v) is 8.72. The van der Waals surface area contributed by atoms with E-state index >= 15 is 0 Å². The van der Waals surface area contributed by atoms with Gasteiger partial charge in [0.1, 0.15) is 5.82 Å². The van der Waals surface area contributed by atoms with Crippen molar-refractivity contribution in [1.82, 2.24) is 24.6 Å². The maximum absolute atomic E-state index is 13.0. The molecule has 2 aliphatic rings. The quantitative estimate of drug-likeness (QED) is 0.436. The van der Waals surface area contributed by atoms with Crippen molar-refractivity contribution in [3.8, 4) is 11.3 Å². The molecule has 4 heterocycles. The van der Waals surface area contributed by atoms with Gasteiger partial charge < -0.3 is 25.4 Å². The number of amides is 1. The molecule has 0 aromatic carbocycles. The first kappa shape index (κ1) is 22.3. The molecule has 1 atom stereocenters. The number of hydrogen-bond acceptors (Lipinski definition) is 8. The zero-order chi connectivity index (χ0) is 23.5. The van der Waals surface area contributed by atoms with E-state index in [1.807, 2.05) is 24.3 Å². The van der Waals surface area contributed by atoms with Gasteiger partial charge in [-0.05, 0) is 43.0 Å². The van der Waals surface area contributed by atoms with Crippen LogP contribution >= 0.6 is 0 Å². The molecule has 3 aromatic heterocycles. The molecule has 1 saturated carbocycles. The van der Waals surface area contributed by atoms with Crippen LogP contribution in [0.1, 0.15) is 35.3 Å². The minimum atomic E-state index is -1.12. The molecule has 1 amide bonds. The number of carbonyl (C=O) groups is 1. The highest BCUT2D eigenvalue weighted by Gasteiger charge is 2.25. The Morgan fingerprint density at radius 3 is 2.88 bits per heavy atom. The van der Waals surface area contributed by atoms with Crippen molar-refractivity contribution in [3.63, 3.8) is 0 Å². The minimum absolute atomic E-state index is 0.191. The number of ether oxygens (including phenoxy) is 1. The highest BCUT2D eigenvalue weighted by Crippen LogP contribution is 2.29.